The molecule has 0 heterocycles. The number of anilines is 1. The molecule has 8 nitrogen and oxygen atoms in total. The lowest BCUT2D eigenvalue weighted by molar-refractivity contribution is -0.384. The number of nitrogens with two attached hydrogens (primary N) is 1. The van der Waals surface area contributed by atoms with Crippen LogP contribution in [-0.4, -0.2) is 28.1 Å². The van der Waals surface area contributed by atoms with E-state index in [1.807, 2.05) is 99.6 Å². The Morgan fingerprint density at radius 2 is 1.30 bits per heavy atom. The van der Waals surface area contributed by atoms with Gasteiger partial charge in [-0.2, -0.15) is 0 Å². The molecular formula is C38H42N2O6. The van der Waals surface area contributed by atoms with Gasteiger partial charge in [0.25, 0.3) is 5.69 Å². The SMILES string of the molecule is CC(C)(C)OC(=O)/C=C/c1ccc(-c2ccccc2)c([N+](=O)[O-])c1.CC(C)(C)OC(=O)CCc1ccc(-c2ccccc2)c(N)c1. The molecule has 0 fully saturated rings. The summed E-state index contributed by atoms with van der Waals surface area (Å²) in [7, 11) is 0. The van der Waals surface area contributed by atoms with Gasteiger partial charge < -0.3 is 15.2 Å². The van der Waals surface area contributed by atoms with Crippen molar-refractivity contribution in [2.45, 2.75) is 65.6 Å². The first kappa shape index (κ1) is 35.2. The highest BCUT2D eigenvalue weighted by molar-refractivity contribution is 5.88. The first-order valence-corrected chi connectivity index (χ1v) is 15.0. The normalized spacial score (nSPS) is 11.3. The lowest BCUT2D eigenvalue weighted by atomic mass is 10.00. The maximum Gasteiger partial charge on any atom is 0.331 e. The molecule has 0 atom stereocenters. The molecule has 4 aromatic carbocycles. The first-order valence-electron chi connectivity index (χ1n) is 15.0. The highest BCUT2D eigenvalue weighted by atomic mass is 16.6. The van der Waals surface area contributed by atoms with E-state index in [4.69, 9.17) is 15.2 Å². The molecule has 0 aliphatic heterocycles. The summed E-state index contributed by atoms with van der Waals surface area (Å²) in [4.78, 5) is 34.4. The van der Waals surface area contributed by atoms with Gasteiger partial charge in [-0.3, -0.25) is 14.9 Å². The summed E-state index contributed by atoms with van der Waals surface area (Å²) in [6.07, 6.45) is 3.78. The van der Waals surface area contributed by atoms with Gasteiger partial charge in [-0.1, -0.05) is 78.9 Å². The molecule has 0 amide bonds. The van der Waals surface area contributed by atoms with E-state index in [0.717, 1.165) is 27.9 Å². The molecule has 4 rings (SSSR count). The minimum absolute atomic E-state index is 0.00691. The number of esters is 2. The van der Waals surface area contributed by atoms with Crippen molar-refractivity contribution >= 4 is 29.4 Å². The van der Waals surface area contributed by atoms with Crippen LogP contribution < -0.4 is 5.73 Å². The topological polar surface area (TPSA) is 122 Å². The highest BCUT2D eigenvalue weighted by Gasteiger charge is 2.18. The molecule has 2 N–H and O–H groups in total. The number of carbonyl (C=O) groups is 2. The second-order valence-electron chi connectivity index (χ2n) is 12.6. The predicted molar refractivity (Wildman–Crippen MR) is 184 cm³/mol. The summed E-state index contributed by atoms with van der Waals surface area (Å²) in [5, 5.41) is 11.4. The summed E-state index contributed by atoms with van der Waals surface area (Å²) in [5.74, 6) is -0.671. The van der Waals surface area contributed by atoms with Crippen molar-refractivity contribution in [3.8, 4) is 22.3 Å². The summed E-state index contributed by atoms with van der Waals surface area (Å²) >= 11 is 0. The van der Waals surface area contributed by atoms with Gasteiger partial charge in [0.05, 0.1) is 10.5 Å². The molecule has 8 heteroatoms. The van der Waals surface area contributed by atoms with Crippen molar-refractivity contribution < 1.29 is 24.0 Å². The Morgan fingerprint density at radius 1 is 0.761 bits per heavy atom. The number of nitro benzene ring substituents is 1. The van der Waals surface area contributed by atoms with E-state index < -0.39 is 22.1 Å². The number of aryl methyl sites for hydroxylation is 1. The lowest BCUT2D eigenvalue weighted by Crippen LogP contribution is -2.24. The summed E-state index contributed by atoms with van der Waals surface area (Å²) in [6.45, 7) is 10.9. The van der Waals surface area contributed by atoms with Gasteiger partial charge in [0, 0.05) is 29.8 Å². The molecule has 0 aromatic heterocycles. The molecule has 0 spiro atoms. The van der Waals surface area contributed by atoms with Crippen molar-refractivity contribution in [3.05, 3.63) is 124 Å². The first-order chi connectivity index (χ1) is 21.6. The fraction of sp³-hybridized carbons (Fsp3) is 0.263. The largest absolute Gasteiger partial charge is 0.460 e. The predicted octanol–water partition coefficient (Wildman–Crippen LogP) is 8.83. The second kappa shape index (κ2) is 15.7. The van der Waals surface area contributed by atoms with Crippen molar-refractivity contribution in [3.63, 3.8) is 0 Å². The van der Waals surface area contributed by atoms with Gasteiger partial charge in [0.1, 0.15) is 11.2 Å². The quantitative estimate of drug-likeness (QED) is 0.0685. The number of rotatable bonds is 8. The zero-order valence-electron chi connectivity index (χ0n) is 27.3. The average Bonchev–Trinajstić information content (AvgIpc) is 2.98. The van der Waals surface area contributed by atoms with E-state index in [-0.39, 0.29) is 11.7 Å². The van der Waals surface area contributed by atoms with Crippen LogP contribution in [0.3, 0.4) is 0 Å². The molecule has 0 unspecified atom stereocenters. The third-order valence-corrected chi connectivity index (χ3v) is 6.36. The Kier molecular flexibility index (Phi) is 12.0. The van der Waals surface area contributed by atoms with Gasteiger partial charge in [-0.15, -0.1) is 0 Å². The van der Waals surface area contributed by atoms with Crippen molar-refractivity contribution in [1.82, 2.24) is 0 Å². The zero-order chi connectivity index (χ0) is 33.9. The maximum absolute atomic E-state index is 11.8. The van der Waals surface area contributed by atoms with Crippen LogP contribution in [0.15, 0.2) is 103 Å². The minimum Gasteiger partial charge on any atom is -0.460 e. The molecule has 0 aliphatic carbocycles. The van der Waals surface area contributed by atoms with Crippen LogP contribution in [0.4, 0.5) is 11.4 Å². The lowest BCUT2D eigenvalue weighted by Gasteiger charge is -2.19. The summed E-state index contributed by atoms with van der Waals surface area (Å²) in [6, 6.07) is 30.0. The molecule has 0 bridgehead atoms. The molecule has 240 valence electrons. The Balaban J connectivity index is 0.000000251. The number of hydrogen-bond donors (Lipinski definition) is 1. The molecule has 0 saturated heterocycles. The molecule has 46 heavy (non-hydrogen) atoms. The summed E-state index contributed by atoms with van der Waals surface area (Å²) in [5.41, 5.74) is 10.9. The summed E-state index contributed by atoms with van der Waals surface area (Å²) < 4.78 is 10.5. The van der Waals surface area contributed by atoms with E-state index >= 15 is 0 Å². The van der Waals surface area contributed by atoms with Gasteiger partial charge in [-0.25, -0.2) is 4.79 Å². The van der Waals surface area contributed by atoms with Crippen LogP contribution in [0, 0.1) is 10.1 Å². The number of ether oxygens (including phenoxy) is 2. The number of nitro groups is 1. The molecular weight excluding hydrogens is 580 g/mol. The van der Waals surface area contributed by atoms with Crippen LogP contribution in [0.25, 0.3) is 28.3 Å². The van der Waals surface area contributed by atoms with Crippen molar-refractivity contribution in [2.75, 3.05) is 5.73 Å². The monoisotopic (exact) mass is 622 g/mol. The highest BCUT2D eigenvalue weighted by Crippen LogP contribution is 2.31. The number of benzene rings is 4. The minimum atomic E-state index is -0.579. The van der Waals surface area contributed by atoms with Crippen LogP contribution in [0.1, 0.15) is 59.1 Å². The number of hydrogen-bond acceptors (Lipinski definition) is 7. The maximum atomic E-state index is 11.8. The van der Waals surface area contributed by atoms with Crippen LogP contribution in [0.5, 0.6) is 0 Å². The van der Waals surface area contributed by atoms with Gasteiger partial charge >= 0.3 is 11.9 Å². The second-order valence-corrected chi connectivity index (χ2v) is 12.6. The Morgan fingerprint density at radius 3 is 1.83 bits per heavy atom. The third-order valence-electron chi connectivity index (χ3n) is 6.36. The number of nitrogen functional groups attached to an aromatic ring is 1. The van der Waals surface area contributed by atoms with E-state index in [1.54, 1.807) is 32.9 Å². The standard InChI is InChI=1S/C19H19NO4.C19H23NO2/c1-19(2,3)24-18(21)12-10-14-9-11-16(17(13-14)20(22)23)15-7-5-4-6-8-15;1-19(2,3)22-18(21)12-10-14-9-11-16(17(20)13-14)15-7-5-4-6-8-15/h4-13H,1-3H3;4-9,11,13H,10,12,20H2,1-3H3/b12-10+;. The number of carbonyl (C=O) groups excluding carboxylic acids is 2. The van der Waals surface area contributed by atoms with Gasteiger partial charge in [0.15, 0.2) is 0 Å². The Hall–Kier alpha value is -5.24. The smallest absolute Gasteiger partial charge is 0.331 e. The molecule has 0 saturated carbocycles. The third kappa shape index (κ3) is 11.7. The van der Waals surface area contributed by atoms with E-state index in [9.17, 15) is 19.7 Å². The Bertz CT molecular complexity index is 1670. The van der Waals surface area contributed by atoms with Crippen LogP contribution in [0.2, 0.25) is 0 Å². The van der Waals surface area contributed by atoms with E-state index in [2.05, 4.69) is 0 Å². The number of nitrogens with zero attached hydrogens (tertiary/aromatic N) is 1. The van der Waals surface area contributed by atoms with E-state index in [1.165, 1.54) is 18.2 Å². The average molecular weight is 623 g/mol. The van der Waals surface area contributed by atoms with Crippen LogP contribution >= 0.6 is 0 Å². The fourth-order valence-electron chi connectivity index (χ4n) is 4.45. The van der Waals surface area contributed by atoms with E-state index in [0.29, 0.717) is 24.0 Å². The molecule has 0 aliphatic rings. The van der Waals surface area contributed by atoms with Crippen LogP contribution in [-0.2, 0) is 25.5 Å². The zero-order valence-corrected chi connectivity index (χ0v) is 27.3. The van der Waals surface area contributed by atoms with Crippen molar-refractivity contribution in [1.29, 1.82) is 0 Å². The fourth-order valence-corrected chi connectivity index (χ4v) is 4.45. The van der Waals surface area contributed by atoms with Crippen molar-refractivity contribution in [2.24, 2.45) is 0 Å². The molecule has 4 aromatic rings. The van der Waals surface area contributed by atoms with Gasteiger partial charge in [-0.05, 0) is 88.4 Å². The van der Waals surface area contributed by atoms with Gasteiger partial charge in [0.2, 0.25) is 0 Å². The Labute approximate surface area is 271 Å². The molecule has 0 radical (unpaired) electrons.